The number of carbonyl (C=O) groups excluding carboxylic acids is 2. The van der Waals surface area contributed by atoms with Crippen LogP contribution in [0.3, 0.4) is 0 Å². The average molecular weight is 366 g/mol. The van der Waals surface area contributed by atoms with Crippen molar-refractivity contribution in [1.82, 2.24) is 19.8 Å². The van der Waals surface area contributed by atoms with Crippen molar-refractivity contribution in [1.29, 1.82) is 0 Å². The van der Waals surface area contributed by atoms with Gasteiger partial charge in [0.1, 0.15) is 5.60 Å². The van der Waals surface area contributed by atoms with Crippen molar-refractivity contribution in [2.45, 2.75) is 39.0 Å². The lowest BCUT2D eigenvalue weighted by Crippen LogP contribution is -2.57. The fraction of sp³-hybridized carbons (Fsp3) is 0.867. The Balaban J connectivity index is 1.91. The molecule has 0 aromatic rings. The predicted octanol–water partition coefficient (Wildman–Crippen LogP) is 2.14. The molecule has 2 aliphatic heterocycles. The summed E-state index contributed by atoms with van der Waals surface area (Å²) >= 11 is 0. The maximum absolute atomic E-state index is 12.6. The first-order valence-corrected chi connectivity index (χ1v) is 8.32. The molecule has 0 saturated carbocycles. The Hall–Kier alpha value is -1.71. The Morgan fingerprint density at radius 2 is 1.48 bits per heavy atom. The van der Waals surface area contributed by atoms with Gasteiger partial charge >= 0.3 is 18.3 Å². The number of rotatable bonds is 1. The molecule has 0 aromatic carbocycles. The Morgan fingerprint density at radius 1 is 0.920 bits per heavy atom. The van der Waals surface area contributed by atoms with Gasteiger partial charge in [0.15, 0.2) is 0 Å². The number of hydrazine groups is 1. The fourth-order valence-corrected chi connectivity index (χ4v) is 2.83. The average Bonchev–Trinajstić information content (AvgIpc) is 2.93. The summed E-state index contributed by atoms with van der Waals surface area (Å²) in [5.74, 6) is 0. The minimum Gasteiger partial charge on any atom is -0.442 e. The number of piperazine rings is 1. The third-order valence-corrected chi connectivity index (χ3v) is 3.90. The van der Waals surface area contributed by atoms with E-state index in [0.29, 0.717) is 19.5 Å². The number of amides is 3. The number of nitrogens with zero attached hydrogens (tertiary/aromatic N) is 4. The molecule has 2 heterocycles. The van der Waals surface area contributed by atoms with Crippen molar-refractivity contribution in [2.24, 2.45) is 0 Å². The summed E-state index contributed by atoms with van der Waals surface area (Å²) in [4.78, 5) is 27.6. The van der Waals surface area contributed by atoms with Gasteiger partial charge in [-0.1, -0.05) is 0 Å². The van der Waals surface area contributed by atoms with Crippen molar-refractivity contribution in [3.8, 4) is 0 Å². The molecule has 2 aliphatic rings. The van der Waals surface area contributed by atoms with Gasteiger partial charge in [-0.2, -0.15) is 13.2 Å². The minimum atomic E-state index is -4.24. The summed E-state index contributed by atoms with van der Waals surface area (Å²) in [5.41, 5.74) is -0.669. The van der Waals surface area contributed by atoms with Crippen molar-refractivity contribution in [3.05, 3.63) is 0 Å². The van der Waals surface area contributed by atoms with Crippen LogP contribution in [-0.4, -0.2) is 89.5 Å². The molecule has 2 rings (SSSR count). The molecule has 2 saturated heterocycles. The van der Waals surface area contributed by atoms with E-state index < -0.39 is 24.4 Å². The molecule has 0 N–H and O–H groups in total. The third kappa shape index (κ3) is 5.65. The number of urea groups is 1. The summed E-state index contributed by atoms with van der Waals surface area (Å²) in [5, 5.41) is 2.60. The predicted molar refractivity (Wildman–Crippen MR) is 83.7 cm³/mol. The molecule has 0 spiro atoms. The van der Waals surface area contributed by atoms with Crippen LogP contribution in [-0.2, 0) is 4.74 Å². The molecule has 0 unspecified atom stereocenters. The van der Waals surface area contributed by atoms with E-state index in [1.165, 1.54) is 19.8 Å². The van der Waals surface area contributed by atoms with Gasteiger partial charge < -0.3 is 9.64 Å². The van der Waals surface area contributed by atoms with Gasteiger partial charge in [-0.3, -0.25) is 4.90 Å². The first-order valence-electron chi connectivity index (χ1n) is 8.32. The van der Waals surface area contributed by atoms with Crippen LogP contribution in [0.5, 0.6) is 0 Å². The van der Waals surface area contributed by atoms with Crippen LogP contribution in [0, 0.1) is 0 Å². The number of alkyl halides is 3. The highest BCUT2D eigenvalue weighted by atomic mass is 19.4. The Kier molecular flexibility index (Phi) is 5.70. The fourth-order valence-electron chi connectivity index (χ4n) is 2.83. The normalized spacial score (nSPS) is 20.2. The monoisotopic (exact) mass is 366 g/mol. The number of hydrogen-bond acceptors (Lipinski definition) is 4. The standard InChI is InChI=1S/C15H25F3N4O3/c1-14(2,3)25-13(24)22-6-4-5-21(22)12(23)20-9-7-19(8-10-20)11-15(16,17)18/h4-11H2,1-3H3. The van der Waals surface area contributed by atoms with E-state index in [1.807, 2.05) is 0 Å². The highest BCUT2D eigenvalue weighted by molar-refractivity contribution is 5.78. The topological polar surface area (TPSA) is 56.3 Å². The smallest absolute Gasteiger partial charge is 0.429 e. The second-order valence-electron chi connectivity index (χ2n) is 7.24. The second kappa shape index (κ2) is 7.27. The number of carbonyl (C=O) groups is 2. The quantitative estimate of drug-likeness (QED) is 0.714. The first-order chi connectivity index (χ1) is 11.5. The highest BCUT2D eigenvalue weighted by Gasteiger charge is 2.38. The third-order valence-electron chi connectivity index (χ3n) is 3.90. The molecule has 2 fully saturated rings. The van der Waals surface area contributed by atoms with E-state index in [9.17, 15) is 22.8 Å². The SMILES string of the molecule is CC(C)(C)OC(=O)N1CCCN1C(=O)N1CCN(CC(F)(F)F)CC1. The molecule has 7 nitrogen and oxygen atoms in total. The molecular formula is C15H25F3N4O3. The van der Waals surface area contributed by atoms with Crippen molar-refractivity contribution < 1.29 is 27.5 Å². The molecule has 144 valence electrons. The Bertz CT molecular complexity index is 499. The lowest BCUT2D eigenvalue weighted by atomic mass is 10.2. The Labute approximate surface area is 145 Å². The van der Waals surface area contributed by atoms with Gasteiger partial charge in [-0.05, 0) is 27.2 Å². The molecule has 0 radical (unpaired) electrons. The van der Waals surface area contributed by atoms with Gasteiger partial charge in [0.2, 0.25) is 0 Å². The van der Waals surface area contributed by atoms with Gasteiger partial charge in [-0.25, -0.2) is 19.6 Å². The van der Waals surface area contributed by atoms with Crippen molar-refractivity contribution >= 4 is 12.1 Å². The van der Waals surface area contributed by atoms with Gasteiger partial charge in [0, 0.05) is 39.3 Å². The van der Waals surface area contributed by atoms with E-state index in [1.54, 1.807) is 20.8 Å². The number of ether oxygens (including phenoxy) is 1. The van der Waals surface area contributed by atoms with E-state index >= 15 is 0 Å². The first kappa shape index (κ1) is 19.6. The van der Waals surface area contributed by atoms with Gasteiger partial charge in [-0.15, -0.1) is 0 Å². The Morgan fingerprint density at radius 3 is 2.00 bits per heavy atom. The molecule has 25 heavy (non-hydrogen) atoms. The van der Waals surface area contributed by atoms with Gasteiger partial charge in [0.05, 0.1) is 6.54 Å². The molecule has 0 aliphatic carbocycles. The second-order valence-corrected chi connectivity index (χ2v) is 7.24. The molecule has 0 aromatic heterocycles. The molecule has 10 heteroatoms. The molecule has 0 atom stereocenters. The van der Waals surface area contributed by atoms with E-state index in [2.05, 4.69) is 0 Å². The molecular weight excluding hydrogens is 341 g/mol. The van der Waals surface area contributed by atoms with Crippen LogP contribution in [0.4, 0.5) is 22.8 Å². The minimum absolute atomic E-state index is 0.158. The number of hydrogen-bond donors (Lipinski definition) is 0. The number of halogens is 3. The molecule has 3 amide bonds. The van der Waals surface area contributed by atoms with Crippen molar-refractivity contribution in [3.63, 3.8) is 0 Å². The van der Waals surface area contributed by atoms with Crippen LogP contribution in [0.25, 0.3) is 0 Å². The summed E-state index contributed by atoms with van der Waals surface area (Å²) < 4.78 is 42.6. The zero-order valence-corrected chi connectivity index (χ0v) is 14.8. The van der Waals surface area contributed by atoms with Crippen LogP contribution >= 0.6 is 0 Å². The zero-order chi connectivity index (χ0) is 18.8. The lowest BCUT2D eigenvalue weighted by molar-refractivity contribution is -0.148. The largest absolute Gasteiger partial charge is 0.442 e. The summed E-state index contributed by atoms with van der Waals surface area (Å²) in [6, 6.07) is -0.366. The van der Waals surface area contributed by atoms with Crippen LogP contribution < -0.4 is 0 Å². The zero-order valence-electron chi connectivity index (χ0n) is 14.8. The molecule has 0 bridgehead atoms. The van der Waals surface area contributed by atoms with Crippen molar-refractivity contribution in [2.75, 3.05) is 45.8 Å². The summed E-state index contributed by atoms with van der Waals surface area (Å²) in [7, 11) is 0. The maximum atomic E-state index is 12.6. The van der Waals surface area contributed by atoms with Crippen LogP contribution in [0.1, 0.15) is 27.2 Å². The van der Waals surface area contributed by atoms with E-state index in [0.717, 1.165) is 0 Å². The van der Waals surface area contributed by atoms with E-state index in [4.69, 9.17) is 4.74 Å². The lowest BCUT2D eigenvalue weighted by Gasteiger charge is -2.38. The van der Waals surface area contributed by atoms with Crippen LogP contribution in [0.2, 0.25) is 0 Å². The van der Waals surface area contributed by atoms with E-state index in [-0.39, 0.29) is 32.2 Å². The summed E-state index contributed by atoms with van der Waals surface area (Å²) in [6.07, 6.45) is -4.19. The highest BCUT2D eigenvalue weighted by Crippen LogP contribution is 2.20. The maximum Gasteiger partial charge on any atom is 0.429 e. The summed E-state index contributed by atoms with van der Waals surface area (Å²) in [6.45, 7) is 5.75. The van der Waals surface area contributed by atoms with Gasteiger partial charge in [0.25, 0.3) is 0 Å². The van der Waals surface area contributed by atoms with Crippen LogP contribution in [0.15, 0.2) is 0 Å².